The summed E-state index contributed by atoms with van der Waals surface area (Å²) in [5.41, 5.74) is 3.96. The quantitative estimate of drug-likeness (QED) is 0.582. The topological polar surface area (TPSA) is 94.9 Å². The molecule has 146 valence electrons. The first kappa shape index (κ1) is 20.2. The highest BCUT2D eigenvalue weighted by atomic mass is 32.1. The third-order valence-corrected chi connectivity index (χ3v) is 5.02. The Morgan fingerprint density at radius 3 is 2.48 bits per heavy atom. The molecule has 0 bridgehead atoms. The molecule has 0 radical (unpaired) electrons. The number of nitrogens with zero attached hydrogens (tertiary/aromatic N) is 2. The second kappa shape index (κ2) is 9.62. The molecule has 0 atom stereocenters. The number of aryl methyl sites for hydroxylation is 1. The van der Waals surface area contributed by atoms with Crippen LogP contribution in [-0.4, -0.2) is 23.3 Å². The molecule has 0 unspecified atom stereocenters. The van der Waals surface area contributed by atoms with Crippen molar-refractivity contribution in [2.75, 3.05) is 11.9 Å². The van der Waals surface area contributed by atoms with Crippen molar-refractivity contribution in [3.05, 3.63) is 70.6 Å². The first-order valence-electron chi connectivity index (χ1n) is 9.16. The van der Waals surface area contributed by atoms with Crippen LogP contribution in [0.1, 0.15) is 34.8 Å². The number of carbonyl (C=O) groups is 2. The van der Waals surface area contributed by atoms with Crippen LogP contribution in [0.5, 0.6) is 0 Å². The van der Waals surface area contributed by atoms with Crippen LogP contribution in [0.15, 0.2) is 53.9 Å². The van der Waals surface area contributed by atoms with Gasteiger partial charge in [0.2, 0.25) is 5.91 Å². The molecule has 0 spiro atoms. The van der Waals surface area contributed by atoms with Gasteiger partial charge in [-0.25, -0.2) is 4.98 Å². The van der Waals surface area contributed by atoms with Crippen LogP contribution in [0.4, 0.5) is 5.13 Å². The zero-order chi connectivity index (χ0) is 20.6. The van der Waals surface area contributed by atoms with Gasteiger partial charge < -0.3 is 5.32 Å². The van der Waals surface area contributed by atoms with Crippen molar-refractivity contribution in [1.29, 1.82) is 5.26 Å². The second-order valence-corrected chi connectivity index (χ2v) is 7.32. The lowest BCUT2D eigenvalue weighted by molar-refractivity contribution is -0.118. The number of thiazole rings is 1. The number of nitriles is 1. The van der Waals surface area contributed by atoms with Crippen molar-refractivity contribution in [3.63, 3.8) is 0 Å². The minimum atomic E-state index is -0.259. The summed E-state index contributed by atoms with van der Waals surface area (Å²) in [5.74, 6) is -0.268. The molecule has 3 aromatic rings. The lowest BCUT2D eigenvalue weighted by Crippen LogP contribution is -2.21. The Balaban J connectivity index is 1.58. The van der Waals surface area contributed by atoms with Crippen LogP contribution in [0, 0.1) is 11.3 Å². The van der Waals surface area contributed by atoms with Crippen molar-refractivity contribution >= 4 is 28.3 Å². The van der Waals surface area contributed by atoms with E-state index >= 15 is 0 Å². The number of rotatable bonds is 7. The average molecular weight is 404 g/mol. The summed E-state index contributed by atoms with van der Waals surface area (Å²) < 4.78 is 0. The highest BCUT2D eigenvalue weighted by molar-refractivity contribution is 7.14. The van der Waals surface area contributed by atoms with E-state index in [9.17, 15) is 9.59 Å². The van der Waals surface area contributed by atoms with E-state index in [2.05, 4.69) is 27.8 Å². The normalized spacial score (nSPS) is 10.2. The number of aromatic nitrogens is 1. The van der Waals surface area contributed by atoms with E-state index in [0.717, 1.165) is 24.1 Å². The van der Waals surface area contributed by atoms with Crippen LogP contribution in [0.25, 0.3) is 11.3 Å². The molecular formula is C22H20N4O2S. The summed E-state index contributed by atoms with van der Waals surface area (Å²) in [7, 11) is 0. The molecule has 2 aromatic carbocycles. The van der Waals surface area contributed by atoms with E-state index in [4.69, 9.17) is 5.26 Å². The van der Waals surface area contributed by atoms with E-state index in [1.54, 1.807) is 24.3 Å². The molecule has 3 rings (SSSR count). The summed E-state index contributed by atoms with van der Waals surface area (Å²) in [6.07, 6.45) is 1.78. The maximum Gasteiger partial charge on any atom is 0.257 e. The third kappa shape index (κ3) is 5.74. The molecule has 0 aliphatic rings. The molecule has 1 aromatic heterocycles. The van der Waals surface area contributed by atoms with Gasteiger partial charge in [-0.05, 0) is 42.7 Å². The molecule has 7 heteroatoms. The van der Waals surface area contributed by atoms with E-state index < -0.39 is 0 Å². The molecular weight excluding hydrogens is 384 g/mol. The van der Waals surface area contributed by atoms with Crippen molar-refractivity contribution in [3.8, 4) is 17.3 Å². The van der Waals surface area contributed by atoms with E-state index in [1.165, 1.54) is 23.8 Å². The summed E-state index contributed by atoms with van der Waals surface area (Å²) in [6.45, 7) is 2.19. The lowest BCUT2D eigenvalue weighted by Gasteiger charge is -2.04. The Morgan fingerprint density at radius 1 is 1.10 bits per heavy atom. The molecule has 29 heavy (non-hydrogen) atoms. The highest BCUT2D eigenvalue weighted by Gasteiger charge is 2.10. The van der Waals surface area contributed by atoms with E-state index in [0.29, 0.717) is 22.8 Å². The lowest BCUT2D eigenvalue weighted by atomic mass is 10.1. The van der Waals surface area contributed by atoms with Crippen LogP contribution in [-0.2, 0) is 11.2 Å². The maximum atomic E-state index is 12.3. The minimum Gasteiger partial charge on any atom is -0.356 e. The largest absolute Gasteiger partial charge is 0.356 e. The van der Waals surface area contributed by atoms with Crippen molar-refractivity contribution in [2.45, 2.75) is 19.8 Å². The molecule has 2 amide bonds. The summed E-state index contributed by atoms with van der Waals surface area (Å²) in [6, 6.07) is 16.6. The number of nitrogens with one attached hydrogen (secondary N) is 2. The van der Waals surface area contributed by atoms with E-state index in [-0.39, 0.29) is 11.8 Å². The predicted molar refractivity (Wildman–Crippen MR) is 114 cm³/mol. The summed E-state index contributed by atoms with van der Waals surface area (Å²) in [4.78, 5) is 27.7. The van der Waals surface area contributed by atoms with Crippen LogP contribution in [0.2, 0.25) is 0 Å². The Labute approximate surface area is 173 Å². The van der Waals surface area contributed by atoms with Gasteiger partial charge in [0.25, 0.3) is 5.91 Å². The number of hydrogen-bond acceptors (Lipinski definition) is 5. The van der Waals surface area contributed by atoms with Crippen molar-refractivity contribution in [2.24, 2.45) is 0 Å². The van der Waals surface area contributed by atoms with Crippen LogP contribution in [0.3, 0.4) is 0 Å². The van der Waals surface area contributed by atoms with Gasteiger partial charge in [-0.2, -0.15) is 5.26 Å². The minimum absolute atomic E-state index is 0.00837. The standard InChI is InChI=1S/C22H20N4O2S/c1-15(27)24-12-2-3-16-4-8-18(9-5-16)20-14-29-22(25-20)26-21(28)19-10-6-17(13-23)7-11-19/h4-11,14H,2-3,12H2,1H3,(H,24,27)(H,25,26,28). The smallest absolute Gasteiger partial charge is 0.257 e. The van der Waals surface area contributed by atoms with Gasteiger partial charge in [0.05, 0.1) is 17.3 Å². The van der Waals surface area contributed by atoms with Gasteiger partial charge in [-0.3, -0.25) is 14.9 Å². The molecule has 1 heterocycles. The zero-order valence-electron chi connectivity index (χ0n) is 15.9. The van der Waals surface area contributed by atoms with Crippen LogP contribution >= 0.6 is 11.3 Å². The predicted octanol–water partition coefficient (Wildman–Crippen LogP) is 4.00. The molecule has 0 saturated carbocycles. The second-order valence-electron chi connectivity index (χ2n) is 6.46. The van der Waals surface area contributed by atoms with Crippen molar-refractivity contribution < 1.29 is 9.59 Å². The number of amides is 2. The fourth-order valence-corrected chi connectivity index (χ4v) is 3.44. The number of benzene rings is 2. The highest BCUT2D eigenvalue weighted by Crippen LogP contribution is 2.25. The zero-order valence-corrected chi connectivity index (χ0v) is 16.8. The Morgan fingerprint density at radius 2 is 1.83 bits per heavy atom. The van der Waals surface area contributed by atoms with Gasteiger partial charge in [0, 0.05) is 30.0 Å². The fraction of sp³-hybridized carbons (Fsp3) is 0.182. The van der Waals surface area contributed by atoms with Gasteiger partial charge >= 0.3 is 0 Å². The molecule has 0 saturated heterocycles. The first-order valence-corrected chi connectivity index (χ1v) is 10.0. The number of hydrogen-bond donors (Lipinski definition) is 2. The van der Waals surface area contributed by atoms with Gasteiger partial charge in [-0.15, -0.1) is 11.3 Å². The Hall–Kier alpha value is -3.50. The number of carbonyl (C=O) groups excluding carboxylic acids is 2. The summed E-state index contributed by atoms with van der Waals surface area (Å²) in [5, 5.41) is 16.8. The average Bonchev–Trinajstić information content (AvgIpc) is 3.20. The molecule has 0 aliphatic heterocycles. The Kier molecular flexibility index (Phi) is 6.72. The van der Waals surface area contributed by atoms with Crippen molar-refractivity contribution in [1.82, 2.24) is 10.3 Å². The van der Waals surface area contributed by atoms with Gasteiger partial charge in [0.1, 0.15) is 0 Å². The van der Waals surface area contributed by atoms with Gasteiger partial charge in [0.15, 0.2) is 5.13 Å². The molecule has 2 N–H and O–H groups in total. The van der Waals surface area contributed by atoms with Crippen LogP contribution < -0.4 is 10.6 Å². The fourth-order valence-electron chi connectivity index (χ4n) is 2.73. The molecule has 0 fully saturated rings. The monoisotopic (exact) mass is 404 g/mol. The third-order valence-electron chi connectivity index (χ3n) is 4.27. The Bertz CT molecular complexity index is 1030. The first-order chi connectivity index (χ1) is 14.0. The molecule has 6 nitrogen and oxygen atoms in total. The van der Waals surface area contributed by atoms with E-state index in [1.807, 2.05) is 23.6 Å². The van der Waals surface area contributed by atoms with Gasteiger partial charge in [-0.1, -0.05) is 24.3 Å². The molecule has 0 aliphatic carbocycles. The maximum absolute atomic E-state index is 12.3. The summed E-state index contributed by atoms with van der Waals surface area (Å²) >= 11 is 1.36. The number of anilines is 1. The SMILES string of the molecule is CC(=O)NCCCc1ccc(-c2csc(NC(=O)c3ccc(C#N)cc3)n2)cc1.